The van der Waals surface area contributed by atoms with Gasteiger partial charge in [0.2, 0.25) is 11.8 Å². The fraction of sp³-hybridized carbons (Fsp3) is 0.421. The molecule has 0 saturated heterocycles. The second-order valence-electron chi connectivity index (χ2n) is 13.6. The lowest BCUT2D eigenvalue weighted by molar-refractivity contribution is -0.138. The third kappa shape index (κ3) is 17.2. The molecule has 0 fully saturated rings. The molecule has 1 aromatic heterocycles. The Kier molecular flexibility index (Phi) is 19.8. The molecule has 18 nitrogen and oxygen atoms in total. The van der Waals surface area contributed by atoms with Crippen LogP contribution in [-0.4, -0.2) is 77.4 Å². The summed E-state index contributed by atoms with van der Waals surface area (Å²) in [6, 6.07) is 3.64. The summed E-state index contributed by atoms with van der Waals surface area (Å²) >= 11 is 0.914. The Hall–Kier alpha value is -6.21. The highest BCUT2D eigenvalue weighted by Gasteiger charge is 2.34. The molecular weight excluding hydrogens is 863 g/mol. The third-order valence-electron chi connectivity index (χ3n) is 8.65. The van der Waals surface area contributed by atoms with Gasteiger partial charge in [-0.05, 0) is 87.9 Å². The van der Waals surface area contributed by atoms with Gasteiger partial charge in [-0.15, -0.1) is 11.8 Å². The molecule has 63 heavy (non-hydrogen) atoms. The first-order valence-corrected chi connectivity index (χ1v) is 20.4. The molecule has 2 aromatic carbocycles. The average molecular weight is 913 g/mol. The smallest absolute Gasteiger partial charge is 0.370 e. The van der Waals surface area contributed by atoms with E-state index in [1.807, 2.05) is 0 Å². The number of aromatic nitrogens is 2. The van der Waals surface area contributed by atoms with Crippen molar-refractivity contribution < 1.29 is 45.5 Å². The zero-order valence-corrected chi connectivity index (χ0v) is 34.7. The summed E-state index contributed by atoms with van der Waals surface area (Å²) in [5.41, 5.74) is 27.9. The van der Waals surface area contributed by atoms with E-state index in [-0.39, 0.29) is 84.1 Å². The summed E-state index contributed by atoms with van der Waals surface area (Å²) in [5.74, 6) is -3.80. The van der Waals surface area contributed by atoms with Gasteiger partial charge in [-0.2, -0.15) is 26.3 Å². The molecule has 3 rings (SSSR count). The summed E-state index contributed by atoms with van der Waals surface area (Å²) in [6.45, 7) is 0.771. The molecular formula is C38H50F6N14O4S. The monoisotopic (exact) mass is 912 g/mol. The number of halogens is 6. The minimum absolute atomic E-state index is 0.000935. The fourth-order valence-electron chi connectivity index (χ4n) is 5.67. The number of nitrogens with one attached hydrogen (secondary N) is 4. The first-order chi connectivity index (χ1) is 29.7. The van der Waals surface area contributed by atoms with Crippen LogP contribution in [0.5, 0.6) is 0 Å². The molecule has 4 amide bonds. The molecule has 25 heteroatoms. The van der Waals surface area contributed by atoms with Gasteiger partial charge in [0.05, 0.1) is 33.9 Å². The van der Waals surface area contributed by atoms with Crippen molar-refractivity contribution in [3.8, 4) is 0 Å². The molecule has 0 saturated carbocycles. The number of carbonyl (C=O) groups is 4. The fourth-order valence-corrected chi connectivity index (χ4v) is 6.59. The second kappa shape index (κ2) is 24.4. The minimum Gasteiger partial charge on any atom is -0.370 e. The first kappa shape index (κ1) is 51.1. The molecule has 16 N–H and O–H groups in total. The lowest BCUT2D eigenvalue weighted by Gasteiger charge is -2.20. The molecule has 0 radical (unpaired) electrons. The summed E-state index contributed by atoms with van der Waals surface area (Å²) in [4.78, 5) is 68.4. The van der Waals surface area contributed by atoms with Crippen molar-refractivity contribution in [2.45, 2.75) is 75.0 Å². The number of anilines is 4. The zero-order valence-electron chi connectivity index (χ0n) is 33.9. The molecule has 0 bridgehead atoms. The molecule has 0 spiro atoms. The summed E-state index contributed by atoms with van der Waals surface area (Å²) in [7, 11) is 0. The number of alkyl halides is 6. The molecule has 0 atom stereocenters. The highest BCUT2D eigenvalue weighted by molar-refractivity contribution is 7.99. The maximum absolute atomic E-state index is 14.2. The van der Waals surface area contributed by atoms with Crippen molar-refractivity contribution in [2.24, 2.45) is 44.4 Å². The van der Waals surface area contributed by atoms with E-state index in [2.05, 4.69) is 41.2 Å². The Labute approximate surface area is 362 Å². The Morgan fingerprint density at radius 1 is 0.587 bits per heavy atom. The Bertz CT molecular complexity index is 2130. The standard InChI is InChI=1S/C38H50F6N14O4S/c39-37(40,41)21-15-24(55-30(59)8-1-4-10-45)23(7-3-6-12-51-35(47)48)25(16-21)57-33(61)28-19-29(54-20-53-28)34(62)58-27-18-22(38(42,43)44)17-26(56-31(60)9-2-5-11-46)32(27)63-14-13-52-36(49)50/h15-20H,1-14,45-46H2,(H,55,59)(H,56,60)(H,57,61)(H,58,62)(H4,47,48,51)(H4,49,50,52). The van der Waals surface area contributed by atoms with E-state index >= 15 is 0 Å². The van der Waals surface area contributed by atoms with Gasteiger partial charge in [0.25, 0.3) is 11.8 Å². The predicted molar refractivity (Wildman–Crippen MR) is 229 cm³/mol. The zero-order chi connectivity index (χ0) is 46.7. The number of guanidine groups is 2. The maximum Gasteiger partial charge on any atom is 0.416 e. The number of nitrogens with two attached hydrogens (primary N) is 6. The number of hydrogen-bond acceptors (Lipinski definition) is 11. The first-order valence-electron chi connectivity index (χ1n) is 19.4. The highest BCUT2D eigenvalue weighted by Crippen LogP contribution is 2.42. The molecule has 344 valence electrons. The SMILES string of the molecule is NCCCCC(=O)Nc1cc(C(F)(F)F)cc(NC(=O)c2cc(C(=O)Nc3cc(C(F)(F)F)cc(NC(=O)CCCCN)c3SCCN=C(N)N)ncn2)c1CCCCN=C(N)N. The van der Waals surface area contributed by atoms with Crippen LogP contribution in [0, 0.1) is 0 Å². The topological polar surface area (TPSA) is 323 Å². The maximum atomic E-state index is 14.2. The van der Waals surface area contributed by atoms with E-state index in [1.165, 1.54) is 0 Å². The molecule has 0 unspecified atom stereocenters. The number of benzene rings is 2. The number of unbranched alkanes of at least 4 members (excludes halogenated alkanes) is 3. The van der Waals surface area contributed by atoms with E-state index in [9.17, 15) is 45.5 Å². The number of carbonyl (C=O) groups excluding carboxylic acids is 4. The summed E-state index contributed by atoms with van der Waals surface area (Å²) < 4.78 is 85.2. The quantitative estimate of drug-likeness (QED) is 0.0211. The van der Waals surface area contributed by atoms with E-state index in [4.69, 9.17) is 34.4 Å². The molecule has 0 aliphatic carbocycles. The summed E-state index contributed by atoms with van der Waals surface area (Å²) in [6.07, 6.45) is -6.81. The number of aliphatic imine (C=N–C) groups is 2. The Balaban J connectivity index is 2.05. The van der Waals surface area contributed by atoms with Crippen LogP contribution in [0.15, 0.2) is 51.5 Å². The normalized spacial score (nSPS) is 11.4. The van der Waals surface area contributed by atoms with E-state index in [0.29, 0.717) is 63.3 Å². The number of hydrogen-bond donors (Lipinski definition) is 10. The van der Waals surface area contributed by atoms with Crippen LogP contribution in [0.1, 0.15) is 89.0 Å². The van der Waals surface area contributed by atoms with Gasteiger partial charge in [-0.3, -0.25) is 29.2 Å². The van der Waals surface area contributed by atoms with Crippen LogP contribution < -0.4 is 55.7 Å². The van der Waals surface area contributed by atoms with Crippen molar-refractivity contribution in [2.75, 3.05) is 53.2 Å². The van der Waals surface area contributed by atoms with Gasteiger partial charge in [0.15, 0.2) is 11.9 Å². The van der Waals surface area contributed by atoms with Gasteiger partial charge in [-0.25, -0.2) is 9.97 Å². The number of rotatable bonds is 23. The van der Waals surface area contributed by atoms with Crippen LogP contribution in [0.3, 0.4) is 0 Å². The summed E-state index contributed by atoms with van der Waals surface area (Å²) in [5, 5.41) is 9.73. The molecule has 0 aliphatic rings. The van der Waals surface area contributed by atoms with Crippen molar-refractivity contribution >= 4 is 70.1 Å². The van der Waals surface area contributed by atoms with Gasteiger partial charge < -0.3 is 55.7 Å². The molecule has 0 aliphatic heterocycles. The van der Waals surface area contributed by atoms with E-state index < -0.39 is 64.2 Å². The van der Waals surface area contributed by atoms with Crippen molar-refractivity contribution in [1.82, 2.24) is 9.97 Å². The van der Waals surface area contributed by atoms with Crippen LogP contribution in [0.25, 0.3) is 0 Å². The lowest BCUT2D eigenvalue weighted by atomic mass is 9.99. The van der Waals surface area contributed by atoms with Crippen LogP contribution in [0.4, 0.5) is 49.1 Å². The van der Waals surface area contributed by atoms with Gasteiger partial charge in [-0.1, -0.05) is 0 Å². The van der Waals surface area contributed by atoms with Gasteiger partial charge in [0, 0.05) is 42.6 Å². The molecule has 1 heterocycles. The average Bonchev–Trinajstić information content (AvgIpc) is 3.19. The van der Waals surface area contributed by atoms with Crippen molar-refractivity contribution in [1.29, 1.82) is 0 Å². The van der Waals surface area contributed by atoms with Crippen molar-refractivity contribution in [3.63, 3.8) is 0 Å². The van der Waals surface area contributed by atoms with E-state index in [1.54, 1.807) is 0 Å². The van der Waals surface area contributed by atoms with Crippen LogP contribution in [-0.2, 0) is 28.4 Å². The van der Waals surface area contributed by atoms with Gasteiger partial charge >= 0.3 is 12.4 Å². The van der Waals surface area contributed by atoms with E-state index in [0.717, 1.165) is 30.2 Å². The highest BCUT2D eigenvalue weighted by atomic mass is 32.2. The van der Waals surface area contributed by atoms with Crippen molar-refractivity contribution in [3.05, 3.63) is 64.7 Å². The second-order valence-corrected chi connectivity index (χ2v) is 14.8. The molecule has 3 aromatic rings. The third-order valence-corrected chi connectivity index (χ3v) is 9.76. The van der Waals surface area contributed by atoms with Crippen LogP contribution >= 0.6 is 11.8 Å². The largest absolute Gasteiger partial charge is 0.416 e. The Morgan fingerprint density at radius 2 is 1.03 bits per heavy atom. The van der Waals surface area contributed by atoms with Gasteiger partial charge in [0.1, 0.15) is 17.7 Å². The van der Waals surface area contributed by atoms with Crippen LogP contribution in [0.2, 0.25) is 0 Å². The number of amides is 4. The Morgan fingerprint density at radius 3 is 1.52 bits per heavy atom. The minimum atomic E-state index is -4.94. The number of nitrogens with zero attached hydrogens (tertiary/aromatic N) is 4. The predicted octanol–water partition coefficient (Wildman–Crippen LogP) is 4.12. The lowest BCUT2D eigenvalue weighted by Crippen LogP contribution is -2.23. The number of thioether (sulfide) groups is 1.